The summed E-state index contributed by atoms with van der Waals surface area (Å²) in [6.07, 6.45) is 0. The first-order chi connectivity index (χ1) is 9.33. The van der Waals surface area contributed by atoms with Gasteiger partial charge in [0.05, 0.1) is 11.2 Å². The molecule has 0 saturated carbocycles. The van der Waals surface area contributed by atoms with Gasteiger partial charge >= 0.3 is 0 Å². The lowest BCUT2D eigenvalue weighted by molar-refractivity contribution is 0.302. The van der Waals surface area contributed by atoms with Gasteiger partial charge in [0.25, 0.3) is 0 Å². The average molecular weight is 257 g/mol. The summed E-state index contributed by atoms with van der Waals surface area (Å²) in [7, 11) is 0. The molecular weight excluding hydrogens is 234 g/mol. The molecule has 2 aromatic rings. The molecule has 0 atom stereocenters. The van der Waals surface area contributed by atoms with E-state index in [1.807, 2.05) is 12.1 Å². The van der Waals surface area contributed by atoms with Crippen molar-refractivity contribution in [2.75, 3.05) is 26.2 Å². The van der Waals surface area contributed by atoms with E-state index in [0.717, 1.165) is 43.9 Å². The number of hydrogen-bond donors (Lipinski definition) is 1. The molecule has 0 aliphatic carbocycles. The summed E-state index contributed by atoms with van der Waals surface area (Å²) in [5.41, 5.74) is 2.18. The summed E-state index contributed by atoms with van der Waals surface area (Å²) in [5.74, 6) is 0. The number of nitrogens with zero attached hydrogens (tertiary/aromatic N) is 2. The second kappa shape index (κ2) is 7.22. The summed E-state index contributed by atoms with van der Waals surface area (Å²) < 4.78 is 0. The van der Waals surface area contributed by atoms with Gasteiger partial charge in [0, 0.05) is 25.0 Å². The Morgan fingerprint density at radius 3 is 2.63 bits per heavy atom. The van der Waals surface area contributed by atoms with Crippen molar-refractivity contribution in [3.05, 3.63) is 42.1 Å². The van der Waals surface area contributed by atoms with E-state index in [9.17, 15) is 0 Å². The van der Waals surface area contributed by atoms with E-state index in [0.29, 0.717) is 0 Å². The predicted molar refractivity (Wildman–Crippen MR) is 81.2 cm³/mol. The highest BCUT2D eigenvalue weighted by molar-refractivity contribution is 5.78. The van der Waals surface area contributed by atoms with Crippen LogP contribution >= 0.6 is 0 Å². The number of likely N-dealkylation sites (N-methyl/N-ethyl adjacent to an activating group) is 1. The summed E-state index contributed by atoms with van der Waals surface area (Å²) in [6.45, 7) is 9.59. The minimum Gasteiger partial charge on any atom is -0.310 e. The van der Waals surface area contributed by atoms with E-state index in [4.69, 9.17) is 0 Å². The number of para-hydroxylation sites is 1. The van der Waals surface area contributed by atoms with Crippen molar-refractivity contribution in [3.8, 4) is 0 Å². The fraction of sp³-hybridized carbons (Fsp3) is 0.438. The molecule has 3 nitrogen and oxygen atoms in total. The van der Waals surface area contributed by atoms with Gasteiger partial charge in [-0.3, -0.25) is 4.98 Å². The quantitative estimate of drug-likeness (QED) is 0.773. The van der Waals surface area contributed by atoms with Gasteiger partial charge in [-0.05, 0) is 25.2 Å². The molecule has 1 aromatic carbocycles. The Hall–Kier alpha value is -1.45. The Labute approximate surface area is 115 Å². The van der Waals surface area contributed by atoms with Crippen molar-refractivity contribution in [1.29, 1.82) is 0 Å². The summed E-state index contributed by atoms with van der Waals surface area (Å²) in [4.78, 5) is 7.07. The van der Waals surface area contributed by atoms with Gasteiger partial charge in [-0.2, -0.15) is 0 Å². The van der Waals surface area contributed by atoms with Gasteiger partial charge in [-0.25, -0.2) is 0 Å². The predicted octanol–water partition coefficient (Wildman–Crippen LogP) is 2.67. The minimum atomic E-state index is 0.839. The average Bonchev–Trinajstić information content (AvgIpc) is 2.47. The maximum atomic E-state index is 4.66. The number of aromatic nitrogens is 1. The zero-order valence-electron chi connectivity index (χ0n) is 11.9. The molecule has 0 spiro atoms. The van der Waals surface area contributed by atoms with Crippen molar-refractivity contribution in [2.45, 2.75) is 20.4 Å². The molecule has 0 saturated heterocycles. The largest absolute Gasteiger partial charge is 0.310 e. The Morgan fingerprint density at radius 2 is 1.84 bits per heavy atom. The fourth-order valence-corrected chi connectivity index (χ4v) is 2.20. The summed E-state index contributed by atoms with van der Waals surface area (Å²) in [5, 5.41) is 4.66. The van der Waals surface area contributed by atoms with Crippen LogP contribution in [0.5, 0.6) is 0 Å². The highest BCUT2D eigenvalue weighted by atomic mass is 15.1. The van der Waals surface area contributed by atoms with E-state index in [1.165, 1.54) is 5.39 Å². The fourth-order valence-electron chi connectivity index (χ4n) is 2.20. The van der Waals surface area contributed by atoms with Gasteiger partial charge in [0.1, 0.15) is 0 Å². The molecule has 0 radical (unpaired) electrons. The smallest absolute Gasteiger partial charge is 0.0705 e. The zero-order chi connectivity index (χ0) is 13.5. The van der Waals surface area contributed by atoms with Gasteiger partial charge in [-0.1, -0.05) is 38.1 Å². The van der Waals surface area contributed by atoms with Crippen LogP contribution in [0.25, 0.3) is 10.9 Å². The van der Waals surface area contributed by atoms with E-state index >= 15 is 0 Å². The van der Waals surface area contributed by atoms with Gasteiger partial charge < -0.3 is 10.2 Å². The third kappa shape index (κ3) is 4.01. The lowest BCUT2D eigenvalue weighted by Crippen LogP contribution is -2.31. The molecule has 19 heavy (non-hydrogen) atoms. The van der Waals surface area contributed by atoms with Crippen LogP contribution < -0.4 is 5.32 Å². The molecule has 0 fully saturated rings. The Balaban J connectivity index is 1.84. The van der Waals surface area contributed by atoms with Gasteiger partial charge in [-0.15, -0.1) is 0 Å². The lowest BCUT2D eigenvalue weighted by Gasteiger charge is -2.17. The topological polar surface area (TPSA) is 28.2 Å². The molecule has 102 valence electrons. The molecular formula is C16H23N3. The van der Waals surface area contributed by atoms with E-state index < -0.39 is 0 Å². The number of pyridine rings is 1. The maximum Gasteiger partial charge on any atom is 0.0705 e. The second-order valence-corrected chi connectivity index (χ2v) is 4.70. The van der Waals surface area contributed by atoms with Crippen LogP contribution in [0.1, 0.15) is 19.5 Å². The number of fused-ring (bicyclic) bond motifs is 1. The molecule has 0 unspecified atom stereocenters. The zero-order valence-corrected chi connectivity index (χ0v) is 11.9. The van der Waals surface area contributed by atoms with E-state index in [-0.39, 0.29) is 0 Å². The first kappa shape index (κ1) is 14.0. The van der Waals surface area contributed by atoms with Crippen LogP contribution in [0.3, 0.4) is 0 Å². The highest BCUT2D eigenvalue weighted by Gasteiger charge is 2.00. The minimum absolute atomic E-state index is 0.839. The molecule has 3 heteroatoms. The van der Waals surface area contributed by atoms with Crippen LogP contribution in [0, 0.1) is 0 Å². The lowest BCUT2D eigenvalue weighted by atomic mass is 10.2. The van der Waals surface area contributed by atoms with Crippen molar-refractivity contribution in [1.82, 2.24) is 15.2 Å². The number of rotatable bonds is 7. The molecule has 2 rings (SSSR count). The maximum absolute atomic E-state index is 4.66. The van der Waals surface area contributed by atoms with Crippen molar-refractivity contribution >= 4 is 10.9 Å². The third-order valence-electron chi connectivity index (χ3n) is 3.46. The second-order valence-electron chi connectivity index (χ2n) is 4.70. The Bertz CT molecular complexity index is 506. The number of nitrogens with one attached hydrogen (secondary N) is 1. The first-order valence-electron chi connectivity index (χ1n) is 7.11. The third-order valence-corrected chi connectivity index (χ3v) is 3.46. The molecule has 0 aliphatic heterocycles. The van der Waals surface area contributed by atoms with Crippen LogP contribution in [0.2, 0.25) is 0 Å². The van der Waals surface area contributed by atoms with E-state index in [2.05, 4.69) is 53.3 Å². The van der Waals surface area contributed by atoms with Crippen LogP contribution in [0.15, 0.2) is 36.4 Å². The monoisotopic (exact) mass is 257 g/mol. The first-order valence-corrected chi connectivity index (χ1v) is 7.11. The summed E-state index contributed by atoms with van der Waals surface area (Å²) in [6, 6.07) is 12.5. The van der Waals surface area contributed by atoms with Gasteiger partial charge in [0.15, 0.2) is 0 Å². The Kier molecular flexibility index (Phi) is 5.31. The van der Waals surface area contributed by atoms with Crippen molar-refractivity contribution < 1.29 is 0 Å². The highest BCUT2D eigenvalue weighted by Crippen LogP contribution is 2.11. The normalized spacial score (nSPS) is 11.3. The molecule has 1 aromatic heterocycles. The Morgan fingerprint density at radius 1 is 1.05 bits per heavy atom. The molecule has 1 heterocycles. The number of hydrogen-bond acceptors (Lipinski definition) is 3. The van der Waals surface area contributed by atoms with Crippen LogP contribution in [-0.4, -0.2) is 36.1 Å². The molecule has 0 amide bonds. The van der Waals surface area contributed by atoms with Crippen molar-refractivity contribution in [3.63, 3.8) is 0 Å². The molecule has 0 bridgehead atoms. The molecule has 0 aliphatic rings. The summed E-state index contributed by atoms with van der Waals surface area (Å²) >= 11 is 0. The van der Waals surface area contributed by atoms with Crippen molar-refractivity contribution in [2.24, 2.45) is 0 Å². The van der Waals surface area contributed by atoms with E-state index in [1.54, 1.807) is 0 Å². The number of benzene rings is 1. The van der Waals surface area contributed by atoms with Crippen LogP contribution in [0.4, 0.5) is 0 Å². The van der Waals surface area contributed by atoms with Crippen LogP contribution in [-0.2, 0) is 6.54 Å². The SMILES string of the molecule is CCN(CC)CCNCc1ccc2ccccc2n1. The molecule has 1 N–H and O–H groups in total. The van der Waals surface area contributed by atoms with Gasteiger partial charge in [0.2, 0.25) is 0 Å². The standard InChI is InChI=1S/C16H23N3/c1-3-19(4-2)12-11-17-13-15-10-9-14-7-5-6-8-16(14)18-15/h5-10,17H,3-4,11-13H2,1-2H3.